The highest BCUT2D eigenvalue weighted by molar-refractivity contribution is 5.99. The Morgan fingerprint density at radius 3 is 2.33 bits per heavy atom. The van der Waals surface area contributed by atoms with Crippen LogP contribution in [0.25, 0.3) is 22.2 Å². The van der Waals surface area contributed by atoms with Crippen LogP contribution in [0.4, 0.5) is 17.3 Å². The number of aromatic amines is 1. The molecular formula is C13H13N5. The van der Waals surface area contributed by atoms with Gasteiger partial charge in [0.2, 0.25) is 0 Å². The molecule has 1 heterocycles. The standard InChI is InChI=1S/C13H13N5/c14-8-3-1-7(2-4-8)11-9(15)5-6-10-12(11)18-13(16)17-10/h1-6H,14-15H2,(H3,16,17,18). The van der Waals surface area contributed by atoms with Crippen molar-refractivity contribution >= 4 is 28.4 Å². The zero-order valence-corrected chi connectivity index (χ0v) is 9.64. The fourth-order valence-corrected chi connectivity index (χ4v) is 2.06. The lowest BCUT2D eigenvalue weighted by Crippen LogP contribution is -1.92. The van der Waals surface area contributed by atoms with Gasteiger partial charge >= 0.3 is 0 Å². The number of nitrogens with two attached hydrogens (primary N) is 3. The van der Waals surface area contributed by atoms with Crippen molar-refractivity contribution in [3.05, 3.63) is 36.4 Å². The summed E-state index contributed by atoms with van der Waals surface area (Å²) in [5.74, 6) is 0.382. The number of nitrogens with zero attached hydrogens (tertiary/aromatic N) is 1. The Hall–Kier alpha value is -2.69. The van der Waals surface area contributed by atoms with E-state index in [-0.39, 0.29) is 0 Å². The van der Waals surface area contributed by atoms with E-state index >= 15 is 0 Å². The second-order valence-corrected chi connectivity index (χ2v) is 4.17. The molecule has 3 rings (SSSR count). The van der Waals surface area contributed by atoms with Gasteiger partial charge in [-0.1, -0.05) is 12.1 Å². The van der Waals surface area contributed by atoms with Crippen molar-refractivity contribution in [3.63, 3.8) is 0 Å². The molecule has 0 saturated heterocycles. The van der Waals surface area contributed by atoms with Crippen LogP contribution in [-0.2, 0) is 0 Å². The van der Waals surface area contributed by atoms with Gasteiger partial charge in [0.15, 0.2) is 5.95 Å². The van der Waals surface area contributed by atoms with E-state index in [9.17, 15) is 0 Å². The van der Waals surface area contributed by atoms with E-state index in [0.717, 1.165) is 22.2 Å². The molecule has 0 amide bonds. The molecule has 5 nitrogen and oxygen atoms in total. The molecule has 0 unspecified atom stereocenters. The molecule has 90 valence electrons. The SMILES string of the molecule is Nc1ccc(-c2c(N)ccc3[nH]c(N)nc23)cc1. The molecule has 0 aliphatic rings. The lowest BCUT2D eigenvalue weighted by molar-refractivity contribution is 1.35. The largest absolute Gasteiger partial charge is 0.399 e. The molecule has 3 aromatic rings. The van der Waals surface area contributed by atoms with Gasteiger partial charge in [-0.3, -0.25) is 0 Å². The molecule has 0 bridgehead atoms. The second kappa shape index (κ2) is 3.66. The molecule has 0 radical (unpaired) electrons. The van der Waals surface area contributed by atoms with Crippen molar-refractivity contribution in [1.82, 2.24) is 9.97 Å². The van der Waals surface area contributed by atoms with E-state index < -0.39 is 0 Å². The summed E-state index contributed by atoms with van der Waals surface area (Å²) in [6.07, 6.45) is 0. The number of fused-ring (bicyclic) bond motifs is 1. The lowest BCUT2D eigenvalue weighted by Gasteiger charge is -2.07. The van der Waals surface area contributed by atoms with Gasteiger partial charge in [0, 0.05) is 16.9 Å². The highest BCUT2D eigenvalue weighted by Crippen LogP contribution is 2.33. The monoisotopic (exact) mass is 239 g/mol. The molecule has 7 N–H and O–H groups in total. The van der Waals surface area contributed by atoms with Gasteiger partial charge in [-0.2, -0.15) is 0 Å². The number of hydrogen-bond acceptors (Lipinski definition) is 4. The number of rotatable bonds is 1. The maximum absolute atomic E-state index is 6.04. The van der Waals surface area contributed by atoms with Crippen LogP contribution in [0.2, 0.25) is 0 Å². The zero-order valence-electron chi connectivity index (χ0n) is 9.64. The Morgan fingerprint density at radius 1 is 0.889 bits per heavy atom. The summed E-state index contributed by atoms with van der Waals surface area (Å²) in [6.45, 7) is 0. The fourth-order valence-electron chi connectivity index (χ4n) is 2.06. The van der Waals surface area contributed by atoms with E-state index in [4.69, 9.17) is 17.2 Å². The smallest absolute Gasteiger partial charge is 0.198 e. The van der Waals surface area contributed by atoms with E-state index in [1.165, 1.54) is 0 Å². The van der Waals surface area contributed by atoms with E-state index in [0.29, 0.717) is 17.3 Å². The maximum atomic E-state index is 6.04. The third kappa shape index (κ3) is 1.53. The Labute approximate surface area is 104 Å². The van der Waals surface area contributed by atoms with Gasteiger partial charge in [0.25, 0.3) is 0 Å². The van der Waals surface area contributed by atoms with E-state index in [1.807, 2.05) is 36.4 Å². The van der Waals surface area contributed by atoms with Crippen molar-refractivity contribution in [3.8, 4) is 11.1 Å². The highest BCUT2D eigenvalue weighted by Gasteiger charge is 2.11. The summed E-state index contributed by atoms with van der Waals surface area (Å²) in [6, 6.07) is 11.2. The van der Waals surface area contributed by atoms with Crippen molar-refractivity contribution in [1.29, 1.82) is 0 Å². The summed E-state index contributed by atoms with van der Waals surface area (Å²) in [4.78, 5) is 7.28. The minimum absolute atomic E-state index is 0.382. The third-order valence-electron chi connectivity index (χ3n) is 2.90. The normalized spacial score (nSPS) is 10.9. The quantitative estimate of drug-likeness (QED) is 0.487. The number of benzene rings is 2. The second-order valence-electron chi connectivity index (χ2n) is 4.17. The summed E-state index contributed by atoms with van der Waals surface area (Å²) < 4.78 is 0. The van der Waals surface area contributed by atoms with Gasteiger partial charge in [0.05, 0.1) is 5.52 Å². The average Bonchev–Trinajstić information content (AvgIpc) is 2.71. The van der Waals surface area contributed by atoms with Crippen molar-refractivity contribution in [2.24, 2.45) is 0 Å². The molecule has 1 aromatic heterocycles. The van der Waals surface area contributed by atoms with Crippen molar-refractivity contribution in [2.75, 3.05) is 17.2 Å². The molecule has 0 spiro atoms. The van der Waals surface area contributed by atoms with Crippen molar-refractivity contribution in [2.45, 2.75) is 0 Å². The van der Waals surface area contributed by atoms with Crippen LogP contribution in [0.15, 0.2) is 36.4 Å². The number of imidazole rings is 1. The average molecular weight is 239 g/mol. The van der Waals surface area contributed by atoms with Crippen molar-refractivity contribution < 1.29 is 0 Å². The molecule has 0 saturated carbocycles. The minimum Gasteiger partial charge on any atom is -0.399 e. The van der Waals surface area contributed by atoms with Crippen LogP contribution in [0.1, 0.15) is 0 Å². The summed E-state index contributed by atoms with van der Waals surface area (Å²) in [7, 11) is 0. The Balaban J connectivity index is 2.32. The molecule has 0 fully saturated rings. The molecule has 2 aromatic carbocycles. The van der Waals surface area contributed by atoms with Crippen LogP contribution >= 0.6 is 0 Å². The fraction of sp³-hybridized carbons (Fsp3) is 0. The first-order chi connectivity index (χ1) is 8.65. The van der Waals surface area contributed by atoms with E-state index in [2.05, 4.69) is 9.97 Å². The Kier molecular flexibility index (Phi) is 2.13. The molecule has 0 aliphatic carbocycles. The summed E-state index contributed by atoms with van der Waals surface area (Å²) in [5.41, 5.74) is 22.3. The van der Waals surface area contributed by atoms with Gasteiger partial charge < -0.3 is 22.2 Å². The number of aromatic nitrogens is 2. The number of anilines is 3. The minimum atomic E-state index is 0.382. The van der Waals surface area contributed by atoms with E-state index in [1.54, 1.807) is 0 Å². The van der Waals surface area contributed by atoms with Gasteiger partial charge in [0.1, 0.15) is 5.52 Å². The number of hydrogen-bond donors (Lipinski definition) is 4. The number of nitrogen functional groups attached to an aromatic ring is 3. The van der Waals surface area contributed by atoms with Gasteiger partial charge in [-0.15, -0.1) is 0 Å². The van der Waals surface area contributed by atoms with Gasteiger partial charge in [-0.05, 0) is 29.8 Å². The maximum Gasteiger partial charge on any atom is 0.198 e. The molecule has 0 atom stereocenters. The van der Waals surface area contributed by atoms with Crippen LogP contribution < -0.4 is 17.2 Å². The first kappa shape index (κ1) is 10.5. The highest BCUT2D eigenvalue weighted by atomic mass is 15.0. The molecule has 5 heteroatoms. The van der Waals surface area contributed by atoms with Crippen LogP contribution in [0.5, 0.6) is 0 Å². The first-order valence-corrected chi connectivity index (χ1v) is 5.55. The Morgan fingerprint density at radius 2 is 1.61 bits per heavy atom. The number of nitrogens with one attached hydrogen (secondary N) is 1. The predicted octanol–water partition coefficient (Wildman–Crippen LogP) is 1.98. The third-order valence-corrected chi connectivity index (χ3v) is 2.90. The van der Waals surface area contributed by atoms with Crippen LogP contribution in [0, 0.1) is 0 Å². The van der Waals surface area contributed by atoms with Crippen LogP contribution in [-0.4, -0.2) is 9.97 Å². The Bertz CT molecular complexity index is 712. The topological polar surface area (TPSA) is 107 Å². The lowest BCUT2D eigenvalue weighted by atomic mass is 10.0. The molecule has 18 heavy (non-hydrogen) atoms. The van der Waals surface area contributed by atoms with Crippen LogP contribution in [0.3, 0.4) is 0 Å². The zero-order chi connectivity index (χ0) is 12.7. The first-order valence-electron chi connectivity index (χ1n) is 5.55. The molecule has 0 aliphatic heterocycles. The number of H-pyrrole nitrogens is 1. The van der Waals surface area contributed by atoms with Gasteiger partial charge in [-0.25, -0.2) is 4.98 Å². The predicted molar refractivity (Wildman–Crippen MR) is 74.8 cm³/mol. The summed E-state index contributed by atoms with van der Waals surface area (Å²) in [5, 5.41) is 0. The summed E-state index contributed by atoms with van der Waals surface area (Å²) >= 11 is 0. The molecular weight excluding hydrogens is 226 g/mol.